The third-order valence-electron chi connectivity index (χ3n) is 6.12. The molecule has 0 radical (unpaired) electrons. The standard InChI is InChI=1S/C27H37NO6/c1-18(10-6-12-20(3)14-23-26(32)21(4)27(33)34-23)8-5-9-19(2)11-7-13-22-15-24(29)28(16-22)17-25(30)31/h5,8-9,12,15,18,23,32H,6-7,10-11,13-14,16-17H2,1-4H3,(H,30,31)/b8-5+,19-9+,20-12-/t18-,23-/m1/s1. The summed E-state index contributed by atoms with van der Waals surface area (Å²) < 4.78 is 5.18. The molecular formula is C27H37NO6. The minimum atomic E-state index is -0.988. The van der Waals surface area contributed by atoms with Crippen LogP contribution < -0.4 is 0 Å². The van der Waals surface area contributed by atoms with Crippen LogP contribution in [0.4, 0.5) is 0 Å². The highest BCUT2D eigenvalue weighted by Gasteiger charge is 2.31. The SMILES string of the molecule is CC1=C(O)[C@@H](C/C(C)=C\CC[C@H](C)/C=C/C=C(\C)CCCC2=CC(=O)N(CC(=O)O)C2)OC1=O. The Kier molecular flexibility index (Phi) is 10.4. The number of rotatable bonds is 13. The number of carbonyl (C=O) groups is 3. The van der Waals surface area contributed by atoms with Crippen molar-refractivity contribution in [1.29, 1.82) is 0 Å². The first-order chi connectivity index (χ1) is 16.1. The quantitative estimate of drug-likeness (QED) is 0.222. The lowest BCUT2D eigenvalue weighted by Crippen LogP contribution is -2.31. The van der Waals surface area contributed by atoms with Crippen LogP contribution in [0, 0.1) is 5.92 Å². The van der Waals surface area contributed by atoms with Gasteiger partial charge in [0.15, 0.2) is 6.10 Å². The minimum Gasteiger partial charge on any atom is -0.508 e. The number of esters is 1. The van der Waals surface area contributed by atoms with Gasteiger partial charge in [0.05, 0.1) is 5.57 Å². The van der Waals surface area contributed by atoms with Crippen LogP contribution in [0.5, 0.6) is 0 Å². The molecular weight excluding hydrogens is 434 g/mol. The molecule has 0 aromatic rings. The molecule has 0 spiro atoms. The Morgan fingerprint density at radius 1 is 1.29 bits per heavy atom. The Morgan fingerprint density at radius 2 is 2.03 bits per heavy atom. The molecule has 2 rings (SSSR count). The van der Waals surface area contributed by atoms with Crippen molar-refractivity contribution in [3.8, 4) is 0 Å². The Hall–Kier alpha value is -3.09. The van der Waals surface area contributed by atoms with Crippen molar-refractivity contribution < 1.29 is 29.3 Å². The second-order valence-electron chi connectivity index (χ2n) is 9.36. The molecule has 0 saturated carbocycles. The van der Waals surface area contributed by atoms with E-state index < -0.39 is 18.0 Å². The van der Waals surface area contributed by atoms with Gasteiger partial charge in [-0.1, -0.05) is 42.4 Å². The van der Waals surface area contributed by atoms with E-state index in [0.29, 0.717) is 24.5 Å². The molecule has 2 aliphatic rings. The molecule has 0 aromatic heterocycles. The molecule has 0 saturated heterocycles. The largest absolute Gasteiger partial charge is 0.508 e. The molecule has 2 N–H and O–H groups in total. The van der Waals surface area contributed by atoms with Crippen LogP contribution in [0.3, 0.4) is 0 Å². The van der Waals surface area contributed by atoms with E-state index in [2.05, 4.69) is 38.2 Å². The first-order valence-corrected chi connectivity index (χ1v) is 11.9. The highest BCUT2D eigenvalue weighted by Crippen LogP contribution is 2.25. The number of aliphatic carboxylic acids is 1. The van der Waals surface area contributed by atoms with Crippen molar-refractivity contribution in [3.05, 3.63) is 58.4 Å². The lowest BCUT2D eigenvalue weighted by atomic mass is 10.0. The maximum absolute atomic E-state index is 11.8. The summed E-state index contributed by atoms with van der Waals surface area (Å²) in [5.41, 5.74) is 3.66. The summed E-state index contributed by atoms with van der Waals surface area (Å²) in [5.74, 6) is -1.17. The number of carbonyl (C=O) groups excluding carboxylic acids is 2. The fourth-order valence-electron chi connectivity index (χ4n) is 3.99. The van der Waals surface area contributed by atoms with Crippen molar-refractivity contribution in [1.82, 2.24) is 4.90 Å². The second kappa shape index (κ2) is 13.0. The van der Waals surface area contributed by atoms with Gasteiger partial charge in [0, 0.05) is 19.0 Å². The van der Waals surface area contributed by atoms with Crippen molar-refractivity contribution in [2.24, 2.45) is 5.92 Å². The fraction of sp³-hybridized carbons (Fsp3) is 0.519. The van der Waals surface area contributed by atoms with Gasteiger partial charge in [-0.15, -0.1) is 0 Å². The summed E-state index contributed by atoms with van der Waals surface area (Å²) in [7, 11) is 0. The summed E-state index contributed by atoms with van der Waals surface area (Å²) in [5, 5.41) is 18.8. The third kappa shape index (κ3) is 8.69. The van der Waals surface area contributed by atoms with Crippen LogP contribution in [0.2, 0.25) is 0 Å². The average Bonchev–Trinajstić information content (AvgIpc) is 3.21. The van der Waals surface area contributed by atoms with E-state index in [0.717, 1.165) is 43.3 Å². The molecule has 2 atom stereocenters. The monoisotopic (exact) mass is 471 g/mol. The van der Waals surface area contributed by atoms with Crippen molar-refractivity contribution >= 4 is 17.8 Å². The topological polar surface area (TPSA) is 104 Å². The molecule has 1 amide bonds. The molecule has 7 heteroatoms. The molecule has 186 valence electrons. The van der Waals surface area contributed by atoms with Crippen LogP contribution >= 0.6 is 0 Å². The van der Waals surface area contributed by atoms with E-state index in [4.69, 9.17) is 9.84 Å². The number of cyclic esters (lactones) is 1. The molecule has 34 heavy (non-hydrogen) atoms. The molecule has 0 aromatic carbocycles. The maximum Gasteiger partial charge on any atom is 0.338 e. The predicted octanol–water partition coefficient (Wildman–Crippen LogP) is 5.02. The number of carboxylic acid groups (broad SMARTS) is 1. The highest BCUT2D eigenvalue weighted by molar-refractivity contribution is 5.93. The number of allylic oxidation sites excluding steroid dienone is 5. The predicted molar refractivity (Wildman–Crippen MR) is 131 cm³/mol. The van der Waals surface area contributed by atoms with Gasteiger partial charge in [-0.2, -0.15) is 0 Å². The average molecular weight is 472 g/mol. The maximum atomic E-state index is 11.8. The van der Waals surface area contributed by atoms with Gasteiger partial charge in [-0.3, -0.25) is 9.59 Å². The van der Waals surface area contributed by atoms with Crippen LogP contribution in [0.25, 0.3) is 0 Å². The zero-order valence-electron chi connectivity index (χ0n) is 20.7. The first-order valence-electron chi connectivity index (χ1n) is 11.9. The number of amides is 1. The lowest BCUT2D eigenvalue weighted by Gasteiger charge is -2.13. The van der Waals surface area contributed by atoms with Gasteiger partial charge in [0.25, 0.3) is 0 Å². The van der Waals surface area contributed by atoms with Gasteiger partial charge in [0.1, 0.15) is 12.3 Å². The van der Waals surface area contributed by atoms with E-state index >= 15 is 0 Å². The molecule has 2 heterocycles. The molecule has 0 unspecified atom stereocenters. The number of hydrogen-bond donors (Lipinski definition) is 2. The van der Waals surface area contributed by atoms with Crippen LogP contribution in [0.1, 0.15) is 66.2 Å². The van der Waals surface area contributed by atoms with E-state index in [-0.39, 0.29) is 18.2 Å². The second-order valence-corrected chi connectivity index (χ2v) is 9.36. The van der Waals surface area contributed by atoms with Crippen molar-refractivity contribution in [2.75, 3.05) is 13.1 Å². The van der Waals surface area contributed by atoms with E-state index in [9.17, 15) is 19.5 Å². The number of ether oxygens (including phenoxy) is 1. The summed E-state index contributed by atoms with van der Waals surface area (Å²) in [6.07, 6.45) is 14.6. The van der Waals surface area contributed by atoms with Crippen molar-refractivity contribution in [3.63, 3.8) is 0 Å². The molecule has 0 fully saturated rings. The normalized spacial score (nSPS) is 20.4. The van der Waals surface area contributed by atoms with E-state index in [1.54, 1.807) is 13.0 Å². The summed E-state index contributed by atoms with van der Waals surface area (Å²) in [4.78, 5) is 35.4. The van der Waals surface area contributed by atoms with Crippen molar-refractivity contribution in [2.45, 2.75) is 72.3 Å². The number of aliphatic hydroxyl groups is 1. The Labute approximate surface area is 202 Å². The number of hydrogen-bond acceptors (Lipinski definition) is 5. The van der Waals surface area contributed by atoms with Gasteiger partial charge in [-0.05, 0) is 64.4 Å². The van der Waals surface area contributed by atoms with Crippen LogP contribution in [-0.2, 0) is 19.1 Å². The van der Waals surface area contributed by atoms with Gasteiger partial charge < -0.3 is 19.8 Å². The summed E-state index contributed by atoms with van der Waals surface area (Å²) >= 11 is 0. The molecule has 2 aliphatic heterocycles. The Morgan fingerprint density at radius 3 is 2.68 bits per heavy atom. The van der Waals surface area contributed by atoms with Gasteiger partial charge >= 0.3 is 11.9 Å². The smallest absolute Gasteiger partial charge is 0.338 e. The zero-order chi connectivity index (χ0) is 25.3. The fourth-order valence-corrected chi connectivity index (χ4v) is 3.99. The van der Waals surface area contributed by atoms with Gasteiger partial charge in [0.2, 0.25) is 5.91 Å². The lowest BCUT2D eigenvalue weighted by molar-refractivity contribution is -0.142. The Balaban J connectivity index is 1.65. The summed E-state index contributed by atoms with van der Waals surface area (Å²) in [6.45, 7) is 8.00. The van der Waals surface area contributed by atoms with E-state index in [1.165, 1.54) is 10.5 Å². The van der Waals surface area contributed by atoms with Gasteiger partial charge in [-0.25, -0.2) is 4.79 Å². The van der Waals surface area contributed by atoms with E-state index in [1.807, 2.05) is 6.92 Å². The number of carboxylic acids is 1. The summed E-state index contributed by atoms with van der Waals surface area (Å²) in [6, 6.07) is 0. The van der Waals surface area contributed by atoms with Crippen LogP contribution in [0.15, 0.2) is 58.4 Å². The Bertz CT molecular complexity index is 937. The zero-order valence-corrected chi connectivity index (χ0v) is 20.7. The third-order valence-corrected chi connectivity index (χ3v) is 6.12. The number of aliphatic hydroxyl groups excluding tert-OH is 1. The van der Waals surface area contributed by atoms with Crippen LogP contribution in [-0.4, -0.2) is 52.2 Å². The number of nitrogens with zero attached hydrogens (tertiary/aromatic N) is 1. The molecule has 0 aliphatic carbocycles. The molecule has 0 bridgehead atoms. The highest BCUT2D eigenvalue weighted by atomic mass is 16.6. The first kappa shape index (κ1) is 27.2. The minimum absolute atomic E-state index is 0.0461. The molecule has 7 nitrogen and oxygen atoms in total.